The van der Waals surface area contributed by atoms with Crippen LogP contribution < -0.4 is 9.47 Å². The first-order valence-corrected chi connectivity index (χ1v) is 4.76. The maximum Gasteiger partial charge on any atom is 0.573 e. The number of halogens is 6. The molecular weight excluding hydrogens is 296 g/mol. The molecule has 0 spiro atoms. The molecule has 0 aliphatic rings. The standard InChI is InChI=1S/C9H5F6N3O2/c10-8(11,12)19-6-1-2-7(20-9(13,14)15)5(3-6)4-17-18-16/h1-3H,4H2. The highest BCUT2D eigenvalue weighted by molar-refractivity contribution is 5.40. The summed E-state index contributed by atoms with van der Waals surface area (Å²) in [6, 6.07) is 1.92. The van der Waals surface area contributed by atoms with E-state index in [0.29, 0.717) is 18.2 Å². The van der Waals surface area contributed by atoms with Gasteiger partial charge in [-0.25, -0.2) is 0 Å². The average molecular weight is 301 g/mol. The molecule has 0 aliphatic heterocycles. The molecule has 1 aromatic carbocycles. The van der Waals surface area contributed by atoms with Crippen molar-refractivity contribution in [2.45, 2.75) is 19.3 Å². The van der Waals surface area contributed by atoms with Crippen LogP contribution in [0.5, 0.6) is 11.5 Å². The average Bonchev–Trinajstić information content (AvgIpc) is 2.25. The van der Waals surface area contributed by atoms with Gasteiger partial charge in [-0.3, -0.25) is 0 Å². The zero-order chi connectivity index (χ0) is 15.4. The molecule has 0 bridgehead atoms. The van der Waals surface area contributed by atoms with E-state index in [1.54, 1.807) is 0 Å². The van der Waals surface area contributed by atoms with E-state index in [-0.39, 0.29) is 0 Å². The molecule has 11 heteroatoms. The number of nitrogens with zero attached hydrogens (tertiary/aromatic N) is 3. The third kappa shape index (κ3) is 5.57. The smallest absolute Gasteiger partial charge is 0.406 e. The van der Waals surface area contributed by atoms with Crippen molar-refractivity contribution in [2.75, 3.05) is 0 Å². The maximum atomic E-state index is 12.1. The molecule has 0 fully saturated rings. The molecule has 0 saturated carbocycles. The summed E-state index contributed by atoms with van der Waals surface area (Å²) in [7, 11) is 0. The molecular formula is C9H5F6N3O2. The van der Waals surface area contributed by atoms with Gasteiger partial charge in [0, 0.05) is 10.5 Å². The first-order valence-electron chi connectivity index (χ1n) is 4.76. The summed E-state index contributed by atoms with van der Waals surface area (Å²) < 4.78 is 79.3. The van der Waals surface area contributed by atoms with Crippen LogP contribution in [0.15, 0.2) is 23.3 Å². The Morgan fingerprint density at radius 3 is 2.15 bits per heavy atom. The van der Waals surface area contributed by atoms with Crippen LogP contribution in [-0.2, 0) is 6.54 Å². The molecule has 0 atom stereocenters. The summed E-state index contributed by atoms with van der Waals surface area (Å²) in [5.41, 5.74) is 7.69. The van der Waals surface area contributed by atoms with E-state index in [1.165, 1.54) is 0 Å². The Kier molecular flexibility index (Phi) is 4.56. The van der Waals surface area contributed by atoms with Crippen molar-refractivity contribution in [2.24, 2.45) is 5.11 Å². The van der Waals surface area contributed by atoms with E-state index < -0.39 is 36.3 Å². The van der Waals surface area contributed by atoms with Gasteiger partial charge in [0.05, 0.1) is 6.54 Å². The van der Waals surface area contributed by atoms with Gasteiger partial charge < -0.3 is 9.47 Å². The van der Waals surface area contributed by atoms with E-state index in [9.17, 15) is 26.3 Å². The van der Waals surface area contributed by atoms with E-state index in [1.807, 2.05) is 0 Å². The van der Waals surface area contributed by atoms with Crippen molar-refractivity contribution in [3.8, 4) is 11.5 Å². The van der Waals surface area contributed by atoms with Crippen molar-refractivity contribution in [1.82, 2.24) is 0 Å². The molecule has 0 aliphatic carbocycles. The third-order valence-electron chi connectivity index (χ3n) is 1.80. The molecule has 0 unspecified atom stereocenters. The van der Waals surface area contributed by atoms with E-state index >= 15 is 0 Å². The van der Waals surface area contributed by atoms with Crippen LogP contribution in [0.3, 0.4) is 0 Å². The fourth-order valence-corrected chi connectivity index (χ4v) is 1.21. The molecule has 20 heavy (non-hydrogen) atoms. The minimum absolute atomic E-state index is 0.401. The van der Waals surface area contributed by atoms with Gasteiger partial charge in [0.15, 0.2) is 0 Å². The van der Waals surface area contributed by atoms with Gasteiger partial charge in [-0.05, 0) is 23.7 Å². The minimum Gasteiger partial charge on any atom is -0.406 e. The number of hydrogen-bond donors (Lipinski definition) is 0. The number of alkyl halides is 6. The predicted octanol–water partition coefficient (Wildman–Crippen LogP) is 4.29. The van der Waals surface area contributed by atoms with Crippen molar-refractivity contribution in [3.05, 3.63) is 34.2 Å². The second-order valence-corrected chi connectivity index (χ2v) is 3.25. The van der Waals surface area contributed by atoms with Crippen LogP contribution in [0.4, 0.5) is 26.3 Å². The highest BCUT2D eigenvalue weighted by Crippen LogP contribution is 2.32. The molecule has 0 aromatic heterocycles. The van der Waals surface area contributed by atoms with Gasteiger partial charge >= 0.3 is 12.7 Å². The monoisotopic (exact) mass is 301 g/mol. The van der Waals surface area contributed by atoms with Crippen LogP contribution in [0, 0.1) is 0 Å². The minimum atomic E-state index is -5.03. The maximum absolute atomic E-state index is 12.1. The molecule has 1 aromatic rings. The van der Waals surface area contributed by atoms with Crippen LogP contribution in [0.25, 0.3) is 10.4 Å². The van der Waals surface area contributed by atoms with Gasteiger partial charge in [-0.15, -0.1) is 26.3 Å². The molecule has 1 rings (SSSR count). The van der Waals surface area contributed by atoms with Gasteiger partial charge in [0.25, 0.3) is 0 Å². The normalized spacial score (nSPS) is 11.7. The van der Waals surface area contributed by atoms with Crippen LogP contribution in [0.1, 0.15) is 5.56 Å². The molecule has 5 nitrogen and oxygen atoms in total. The van der Waals surface area contributed by atoms with Gasteiger partial charge in [-0.1, -0.05) is 5.11 Å². The lowest BCUT2D eigenvalue weighted by Gasteiger charge is -2.14. The van der Waals surface area contributed by atoms with Gasteiger partial charge in [-0.2, -0.15) is 0 Å². The molecule has 0 amide bonds. The summed E-state index contributed by atoms with van der Waals surface area (Å²) >= 11 is 0. The van der Waals surface area contributed by atoms with Gasteiger partial charge in [0.2, 0.25) is 0 Å². The lowest BCUT2D eigenvalue weighted by atomic mass is 10.2. The Morgan fingerprint density at radius 1 is 1.05 bits per heavy atom. The summed E-state index contributed by atoms with van der Waals surface area (Å²) in [5, 5.41) is 2.97. The van der Waals surface area contributed by atoms with Crippen LogP contribution in [0.2, 0.25) is 0 Å². The Balaban J connectivity index is 3.09. The van der Waals surface area contributed by atoms with E-state index in [0.717, 1.165) is 0 Å². The highest BCUT2D eigenvalue weighted by atomic mass is 19.4. The zero-order valence-corrected chi connectivity index (χ0v) is 9.37. The summed E-state index contributed by atoms with van der Waals surface area (Å²) in [5.74, 6) is -1.53. The number of benzene rings is 1. The lowest BCUT2D eigenvalue weighted by molar-refractivity contribution is -0.277. The Hall–Kier alpha value is -2.29. The van der Waals surface area contributed by atoms with Crippen molar-refractivity contribution < 1.29 is 35.8 Å². The SMILES string of the molecule is [N-]=[N+]=NCc1cc(OC(F)(F)F)ccc1OC(F)(F)F. The lowest BCUT2D eigenvalue weighted by Crippen LogP contribution is -2.19. The summed E-state index contributed by atoms with van der Waals surface area (Å²) in [6.07, 6.45) is -10.0. The second-order valence-electron chi connectivity index (χ2n) is 3.25. The molecule has 0 radical (unpaired) electrons. The first kappa shape index (κ1) is 15.8. The fraction of sp³-hybridized carbons (Fsp3) is 0.333. The summed E-state index contributed by atoms with van der Waals surface area (Å²) in [6.45, 7) is -0.628. The van der Waals surface area contributed by atoms with Crippen molar-refractivity contribution >= 4 is 0 Å². The molecule has 0 heterocycles. The van der Waals surface area contributed by atoms with Crippen LogP contribution in [-0.4, -0.2) is 12.7 Å². The summed E-state index contributed by atoms with van der Waals surface area (Å²) in [4.78, 5) is 2.30. The first-order chi connectivity index (χ1) is 9.11. The molecule has 0 N–H and O–H groups in total. The zero-order valence-electron chi connectivity index (χ0n) is 9.37. The number of hydrogen-bond acceptors (Lipinski definition) is 3. The van der Waals surface area contributed by atoms with E-state index in [4.69, 9.17) is 5.53 Å². The number of ether oxygens (including phenoxy) is 2. The topological polar surface area (TPSA) is 67.2 Å². The van der Waals surface area contributed by atoms with Crippen LogP contribution >= 0.6 is 0 Å². The van der Waals surface area contributed by atoms with E-state index in [2.05, 4.69) is 19.5 Å². The fourth-order valence-electron chi connectivity index (χ4n) is 1.21. The Labute approximate surface area is 107 Å². The quantitative estimate of drug-likeness (QED) is 0.360. The highest BCUT2D eigenvalue weighted by Gasteiger charge is 2.33. The Morgan fingerprint density at radius 2 is 1.65 bits per heavy atom. The molecule has 110 valence electrons. The van der Waals surface area contributed by atoms with Crippen molar-refractivity contribution in [3.63, 3.8) is 0 Å². The second kappa shape index (κ2) is 5.78. The Bertz CT molecular complexity index is 521. The third-order valence-corrected chi connectivity index (χ3v) is 1.80. The number of rotatable bonds is 4. The van der Waals surface area contributed by atoms with Gasteiger partial charge in [0.1, 0.15) is 11.5 Å². The van der Waals surface area contributed by atoms with Crippen molar-refractivity contribution in [1.29, 1.82) is 0 Å². The predicted molar refractivity (Wildman–Crippen MR) is 52.7 cm³/mol. The largest absolute Gasteiger partial charge is 0.573 e. The molecule has 0 saturated heterocycles. The number of azide groups is 1.